The average Bonchev–Trinajstić information content (AvgIpc) is 3.24. The molecule has 0 saturated carbocycles. The molecule has 27 heavy (non-hydrogen) atoms. The fourth-order valence-electron chi connectivity index (χ4n) is 2.74. The van der Waals surface area contributed by atoms with Crippen LogP contribution in [0.25, 0.3) is 5.69 Å². The minimum Gasteiger partial charge on any atom is -0.493 e. The second-order valence-corrected chi connectivity index (χ2v) is 5.92. The van der Waals surface area contributed by atoms with Gasteiger partial charge >= 0.3 is 0 Å². The van der Waals surface area contributed by atoms with Gasteiger partial charge in [0.05, 0.1) is 19.4 Å². The number of hydrogen-bond donors (Lipinski definition) is 1. The summed E-state index contributed by atoms with van der Waals surface area (Å²) >= 11 is 0. The fourth-order valence-corrected chi connectivity index (χ4v) is 2.74. The van der Waals surface area contributed by atoms with E-state index in [9.17, 15) is 4.79 Å². The Morgan fingerprint density at radius 1 is 1.15 bits per heavy atom. The first-order chi connectivity index (χ1) is 13.2. The minimum atomic E-state index is -0.135. The summed E-state index contributed by atoms with van der Waals surface area (Å²) in [5.74, 6) is 1.05. The molecular formula is C21H23N3O3. The van der Waals surface area contributed by atoms with E-state index < -0.39 is 0 Å². The van der Waals surface area contributed by atoms with E-state index in [2.05, 4.69) is 10.4 Å². The lowest BCUT2D eigenvalue weighted by Crippen LogP contribution is -2.25. The van der Waals surface area contributed by atoms with Crippen molar-refractivity contribution < 1.29 is 14.3 Å². The van der Waals surface area contributed by atoms with Gasteiger partial charge in [-0.15, -0.1) is 0 Å². The monoisotopic (exact) mass is 365 g/mol. The molecule has 0 aliphatic heterocycles. The number of carbonyl (C=O) groups excluding carboxylic acids is 1. The highest BCUT2D eigenvalue weighted by Gasteiger charge is 2.10. The van der Waals surface area contributed by atoms with Crippen molar-refractivity contribution in [3.8, 4) is 17.2 Å². The van der Waals surface area contributed by atoms with Crippen LogP contribution in [0.2, 0.25) is 0 Å². The SMILES string of the molecule is CCOc1ccc(C(=O)NCCc2ccc(-n3cccn3)cc2)cc1OC. The van der Waals surface area contributed by atoms with Gasteiger partial charge in [0, 0.05) is 24.5 Å². The number of amides is 1. The Morgan fingerprint density at radius 3 is 2.63 bits per heavy atom. The third-order valence-corrected chi connectivity index (χ3v) is 4.13. The fraction of sp³-hybridized carbons (Fsp3) is 0.238. The second kappa shape index (κ2) is 8.89. The Morgan fingerprint density at radius 2 is 1.96 bits per heavy atom. The number of nitrogens with one attached hydrogen (secondary N) is 1. The second-order valence-electron chi connectivity index (χ2n) is 5.92. The molecular weight excluding hydrogens is 342 g/mol. The zero-order valence-electron chi connectivity index (χ0n) is 15.5. The van der Waals surface area contributed by atoms with Crippen LogP contribution in [0.5, 0.6) is 11.5 Å². The maximum Gasteiger partial charge on any atom is 0.251 e. The van der Waals surface area contributed by atoms with Crippen molar-refractivity contribution in [2.45, 2.75) is 13.3 Å². The van der Waals surface area contributed by atoms with Crippen molar-refractivity contribution in [2.24, 2.45) is 0 Å². The molecule has 6 heteroatoms. The van der Waals surface area contributed by atoms with Crippen molar-refractivity contribution >= 4 is 5.91 Å². The van der Waals surface area contributed by atoms with Gasteiger partial charge in [0.25, 0.3) is 5.91 Å². The topological polar surface area (TPSA) is 65.4 Å². The molecule has 0 aliphatic rings. The highest BCUT2D eigenvalue weighted by Crippen LogP contribution is 2.27. The summed E-state index contributed by atoms with van der Waals surface area (Å²) in [5, 5.41) is 7.15. The van der Waals surface area contributed by atoms with Gasteiger partial charge in [0.15, 0.2) is 11.5 Å². The van der Waals surface area contributed by atoms with E-state index in [1.54, 1.807) is 31.5 Å². The molecule has 0 aliphatic carbocycles. The summed E-state index contributed by atoms with van der Waals surface area (Å²) in [6.45, 7) is 3.00. The van der Waals surface area contributed by atoms with Gasteiger partial charge in [-0.3, -0.25) is 4.79 Å². The predicted molar refractivity (Wildman–Crippen MR) is 104 cm³/mol. The Kier molecular flexibility index (Phi) is 6.10. The van der Waals surface area contributed by atoms with Crippen LogP contribution in [0.3, 0.4) is 0 Å². The maximum absolute atomic E-state index is 12.4. The van der Waals surface area contributed by atoms with Gasteiger partial charge in [-0.1, -0.05) is 12.1 Å². The highest BCUT2D eigenvalue weighted by atomic mass is 16.5. The van der Waals surface area contributed by atoms with Crippen LogP contribution in [0.15, 0.2) is 60.9 Å². The van der Waals surface area contributed by atoms with Gasteiger partial charge in [0.1, 0.15) is 0 Å². The molecule has 1 N–H and O–H groups in total. The summed E-state index contributed by atoms with van der Waals surface area (Å²) in [6, 6.07) is 15.2. The summed E-state index contributed by atoms with van der Waals surface area (Å²) in [7, 11) is 1.56. The van der Waals surface area contributed by atoms with E-state index in [0.29, 0.717) is 30.2 Å². The zero-order valence-corrected chi connectivity index (χ0v) is 15.5. The van der Waals surface area contributed by atoms with Crippen LogP contribution in [0.4, 0.5) is 0 Å². The first kappa shape index (κ1) is 18.5. The molecule has 0 spiro atoms. The van der Waals surface area contributed by atoms with Gasteiger partial charge in [0.2, 0.25) is 0 Å². The van der Waals surface area contributed by atoms with E-state index in [4.69, 9.17) is 9.47 Å². The molecule has 0 atom stereocenters. The molecule has 0 radical (unpaired) electrons. The Bertz CT molecular complexity index is 874. The van der Waals surface area contributed by atoms with E-state index in [1.807, 2.05) is 48.1 Å². The molecule has 2 aromatic carbocycles. The molecule has 140 valence electrons. The molecule has 0 saturated heterocycles. The normalized spacial score (nSPS) is 10.4. The number of methoxy groups -OCH3 is 1. The van der Waals surface area contributed by atoms with Gasteiger partial charge in [-0.05, 0) is 55.3 Å². The third kappa shape index (κ3) is 4.67. The zero-order chi connectivity index (χ0) is 19.1. The predicted octanol–water partition coefficient (Wildman–Crippen LogP) is 3.25. The molecule has 1 heterocycles. The van der Waals surface area contributed by atoms with Gasteiger partial charge in [-0.25, -0.2) is 4.68 Å². The number of nitrogens with zero attached hydrogens (tertiary/aromatic N) is 2. The van der Waals surface area contributed by atoms with Crippen LogP contribution in [-0.2, 0) is 6.42 Å². The smallest absolute Gasteiger partial charge is 0.251 e. The number of carbonyl (C=O) groups is 1. The van der Waals surface area contributed by atoms with E-state index in [0.717, 1.165) is 17.7 Å². The van der Waals surface area contributed by atoms with Crippen molar-refractivity contribution in [2.75, 3.05) is 20.3 Å². The summed E-state index contributed by atoms with van der Waals surface area (Å²) in [5.41, 5.74) is 2.70. The first-order valence-electron chi connectivity index (χ1n) is 8.89. The lowest BCUT2D eigenvalue weighted by Gasteiger charge is -2.11. The quantitative estimate of drug-likeness (QED) is 0.665. The first-order valence-corrected chi connectivity index (χ1v) is 8.89. The Labute approximate surface area is 158 Å². The summed E-state index contributed by atoms with van der Waals surface area (Å²) in [6.07, 6.45) is 4.40. The van der Waals surface area contributed by atoms with Gasteiger partial charge in [-0.2, -0.15) is 5.10 Å². The number of ether oxygens (including phenoxy) is 2. The van der Waals surface area contributed by atoms with E-state index in [-0.39, 0.29) is 5.91 Å². The molecule has 1 aromatic heterocycles. The van der Waals surface area contributed by atoms with Crippen LogP contribution in [0, 0.1) is 0 Å². The van der Waals surface area contributed by atoms with Crippen molar-refractivity contribution in [3.05, 3.63) is 72.1 Å². The van der Waals surface area contributed by atoms with Crippen LogP contribution < -0.4 is 14.8 Å². The third-order valence-electron chi connectivity index (χ3n) is 4.13. The van der Waals surface area contributed by atoms with Crippen LogP contribution in [-0.4, -0.2) is 35.9 Å². The molecule has 0 fully saturated rings. The maximum atomic E-state index is 12.4. The number of benzene rings is 2. The molecule has 3 rings (SSSR count). The standard InChI is InChI=1S/C21H23N3O3/c1-3-27-19-10-7-17(15-20(19)26-2)21(25)22-13-11-16-5-8-18(9-6-16)24-14-4-12-23-24/h4-10,12,14-15H,3,11,13H2,1-2H3,(H,22,25). The van der Waals surface area contributed by atoms with Crippen molar-refractivity contribution in [1.29, 1.82) is 0 Å². The molecule has 6 nitrogen and oxygen atoms in total. The molecule has 3 aromatic rings. The highest BCUT2D eigenvalue weighted by molar-refractivity contribution is 5.94. The van der Waals surface area contributed by atoms with E-state index >= 15 is 0 Å². The number of hydrogen-bond acceptors (Lipinski definition) is 4. The molecule has 0 unspecified atom stereocenters. The lowest BCUT2D eigenvalue weighted by atomic mass is 10.1. The molecule has 1 amide bonds. The van der Waals surface area contributed by atoms with E-state index in [1.165, 1.54) is 0 Å². The lowest BCUT2D eigenvalue weighted by molar-refractivity contribution is 0.0953. The van der Waals surface area contributed by atoms with Crippen LogP contribution >= 0.6 is 0 Å². The Hall–Kier alpha value is -3.28. The van der Waals surface area contributed by atoms with Crippen LogP contribution in [0.1, 0.15) is 22.8 Å². The molecule has 0 bridgehead atoms. The average molecular weight is 365 g/mol. The Balaban J connectivity index is 1.55. The number of rotatable bonds is 8. The van der Waals surface area contributed by atoms with Gasteiger partial charge < -0.3 is 14.8 Å². The van der Waals surface area contributed by atoms with Crippen molar-refractivity contribution in [1.82, 2.24) is 15.1 Å². The minimum absolute atomic E-state index is 0.135. The summed E-state index contributed by atoms with van der Waals surface area (Å²) in [4.78, 5) is 12.4. The number of aromatic nitrogens is 2. The van der Waals surface area contributed by atoms with Crippen molar-refractivity contribution in [3.63, 3.8) is 0 Å². The largest absolute Gasteiger partial charge is 0.493 e. The summed E-state index contributed by atoms with van der Waals surface area (Å²) < 4.78 is 12.6.